The SMILES string of the molecule is C[C@]12C=CC(=O)C=C1CC[C@@H]1[C@@H]2[C@@H](O)C[C@@]2(C)[C@H]1C[C@H]1O[C@@H](c3ccn(Cc4ccc(CO)c(N)c4)c3)O[C@]12C(=O)CO. The second-order valence-corrected chi connectivity index (χ2v) is 13.6. The van der Waals surface area contributed by atoms with Gasteiger partial charge in [0.2, 0.25) is 0 Å². The zero-order valence-electron chi connectivity index (χ0n) is 24.6. The van der Waals surface area contributed by atoms with Gasteiger partial charge in [-0.2, -0.15) is 0 Å². The predicted molar refractivity (Wildman–Crippen MR) is 157 cm³/mol. The molecule has 0 amide bonds. The molecule has 0 unspecified atom stereocenters. The Bertz CT molecular complexity index is 1540. The lowest BCUT2D eigenvalue weighted by Crippen LogP contribution is -2.63. The molecule has 1 aromatic carbocycles. The molecule has 1 saturated heterocycles. The molecule has 5 aliphatic rings. The zero-order chi connectivity index (χ0) is 30.3. The van der Waals surface area contributed by atoms with E-state index in [2.05, 4.69) is 6.92 Å². The van der Waals surface area contributed by atoms with Crippen LogP contribution >= 0.6 is 0 Å². The summed E-state index contributed by atoms with van der Waals surface area (Å²) in [6.45, 7) is 3.94. The fraction of sp³-hybridized carbons (Fsp3) is 0.529. The van der Waals surface area contributed by atoms with Crippen molar-refractivity contribution in [3.8, 4) is 0 Å². The number of hydrogen-bond acceptors (Lipinski definition) is 8. The Morgan fingerprint density at radius 3 is 2.77 bits per heavy atom. The van der Waals surface area contributed by atoms with Gasteiger partial charge in [0.1, 0.15) is 6.61 Å². The highest BCUT2D eigenvalue weighted by atomic mass is 16.7. The van der Waals surface area contributed by atoms with E-state index in [9.17, 15) is 24.9 Å². The predicted octanol–water partition coefficient (Wildman–Crippen LogP) is 3.21. The summed E-state index contributed by atoms with van der Waals surface area (Å²) in [5.74, 6) is -0.335. The Labute approximate surface area is 251 Å². The number of nitrogen functional groups attached to an aromatic ring is 1. The number of Topliss-reactive ketones (excluding diaryl/α,β-unsaturated/α-hetero) is 1. The second kappa shape index (κ2) is 9.97. The van der Waals surface area contributed by atoms with Crippen LogP contribution in [0.25, 0.3) is 0 Å². The zero-order valence-corrected chi connectivity index (χ0v) is 24.6. The summed E-state index contributed by atoms with van der Waals surface area (Å²) >= 11 is 0. The molecule has 9 nitrogen and oxygen atoms in total. The molecule has 2 heterocycles. The van der Waals surface area contributed by atoms with Crippen molar-refractivity contribution < 1.29 is 34.4 Å². The van der Waals surface area contributed by atoms with E-state index in [0.29, 0.717) is 30.6 Å². The first kappa shape index (κ1) is 28.7. The summed E-state index contributed by atoms with van der Waals surface area (Å²) < 4.78 is 15.2. The number of carbonyl (C=O) groups excluding carboxylic acids is 2. The number of hydrogen-bond donors (Lipinski definition) is 4. The van der Waals surface area contributed by atoms with Gasteiger partial charge < -0.3 is 35.1 Å². The van der Waals surface area contributed by atoms with E-state index in [1.54, 1.807) is 12.2 Å². The third-order valence-electron chi connectivity index (χ3n) is 11.6. The first-order valence-corrected chi connectivity index (χ1v) is 15.3. The number of ether oxygens (including phenoxy) is 2. The highest BCUT2D eigenvalue weighted by Gasteiger charge is 2.75. The van der Waals surface area contributed by atoms with E-state index in [-0.39, 0.29) is 30.1 Å². The van der Waals surface area contributed by atoms with Gasteiger partial charge in [0.25, 0.3) is 0 Å². The lowest BCUT2D eigenvalue weighted by atomic mass is 9.46. The van der Waals surface area contributed by atoms with Gasteiger partial charge in [0.15, 0.2) is 23.5 Å². The summed E-state index contributed by atoms with van der Waals surface area (Å²) in [7, 11) is 0. The van der Waals surface area contributed by atoms with E-state index in [4.69, 9.17) is 15.2 Å². The van der Waals surface area contributed by atoms with Gasteiger partial charge in [-0.1, -0.05) is 37.6 Å². The molecule has 5 N–H and O–H groups in total. The highest BCUT2D eigenvalue weighted by Crippen LogP contribution is 2.70. The molecule has 9 heteroatoms. The third kappa shape index (κ3) is 4.02. The van der Waals surface area contributed by atoms with Crippen LogP contribution in [0.2, 0.25) is 0 Å². The van der Waals surface area contributed by atoms with Crippen molar-refractivity contribution in [2.45, 2.75) is 76.8 Å². The van der Waals surface area contributed by atoms with Crippen LogP contribution in [-0.4, -0.2) is 55.9 Å². The van der Waals surface area contributed by atoms with Gasteiger partial charge in [-0.25, -0.2) is 0 Å². The summed E-state index contributed by atoms with van der Waals surface area (Å²) in [6, 6.07) is 7.50. The van der Waals surface area contributed by atoms with Crippen LogP contribution in [0, 0.1) is 28.6 Å². The molecule has 43 heavy (non-hydrogen) atoms. The standard InChI is InChI=1S/C34H40N2O7/c1-32-9-7-23(39)12-22(32)5-6-24-25-13-29-34(28(41)18-38,33(25,2)14-27(40)30(24)32)43-31(42-29)20-8-10-36(16-20)15-19-3-4-21(17-37)26(35)11-19/h3-4,7-12,16,24-25,27,29-31,37-38,40H,5-6,13-15,17-18,35H2,1-2H3/t24-,25-,27-,29+,30+,31+,32-,33-,34+/m0/s1. The lowest BCUT2D eigenvalue weighted by molar-refractivity contribution is -0.201. The number of fused-ring (bicyclic) bond motifs is 7. The molecule has 1 aliphatic heterocycles. The van der Waals surface area contributed by atoms with Crippen LogP contribution in [0.15, 0.2) is 60.5 Å². The molecule has 7 rings (SSSR count). The quantitative estimate of drug-likeness (QED) is 0.377. The number of aliphatic hydroxyl groups is 3. The maximum atomic E-state index is 13.7. The van der Waals surface area contributed by atoms with Gasteiger partial charge >= 0.3 is 0 Å². The number of nitrogens with two attached hydrogens (primary N) is 1. The fourth-order valence-corrected chi connectivity index (χ4v) is 9.63. The molecule has 4 aliphatic carbocycles. The average molecular weight is 589 g/mol. The number of ketones is 2. The molecule has 4 fully saturated rings. The maximum Gasteiger partial charge on any atom is 0.193 e. The van der Waals surface area contributed by atoms with Crippen LogP contribution in [-0.2, 0) is 32.2 Å². The summed E-state index contributed by atoms with van der Waals surface area (Å²) in [4.78, 5) is 25.9. The Balaban J connectivity index is 1.17. The molecule has 0 spiro atoms. The van der Waals surface area contributed by atoms with E-state index in [0.717, 1.165) is 29.5 Å². The Kier molecular flexibility index (Phi) is 6.65. The Morgan fingerprint density at radius 2 is 2.02 bits per heavy atom. The fourth-order valence-electron chi connectivity index (χ4n) is 9.63. The normalized spacial score (nSPS) is 39.6. The van der Waals surface area contributed by atoms with Crippen molar-refractivity contribution in [2.24, 2.45) is 28.6 Å². The molecular formula is C34H40N2O7. The Hall–Kier alpha value is -3.08. The molecule has 0 radical (unpaired) electrons. The summed E-state index contributed by atoms with van der Waals surface area (Å²) in [5, 5.41) is 31.4. The number of aliphatic hydroxyl groups excluding tert-OH is 3. The number of carbonyl (C=O) groups is 2. The first-order chi connectivity index (χ1) is 20.5. The smallest absolute Gasteiger partial charge is 0.193 e. The van der Waals surface area contributed by atoms with Crippen molar-refractivity contribution in [2.75, 3.05) is 12.3 Å². The number of allylic oxidation sites excluding steroid dienone is 4. The monoisotopic (exact) mass is 588 g/mol. The minimum Gasteiger partial charge on any atom is -0.398 e. The van der Waals surface area contributed by atoms with Crippen molar-refractivity contribution in [1.29, 1.82) is 0 Å². The average Bonchev–Trinajstić information content (AvgIpc) is 3.65. The van der Waals surface area contributed by atoms with Crippen molar-refractivity contribution in [1.82, 2.24) is 4.57 Å². The summed E-state index contributed by atoms with van der Waals surface area (Å²) in [6.07, 6.45) is 9.64. The minimum atomic E-state index is -1.38. The molecule has 3 saturated carbocycles. The van der Waals surface area contributed by atoms with Crippen LogP contribution in [0.1, 0.15) is 62.5 Å². The van der Waals surface area contributed by atoms with Gasteiger partial charge in [0.05, 0.1) is 18.8 Å². The topological polar surface area (TPSA) is 144 Å². The maximum absolute atomic E-state index is 13.7. The van der Waals surface area contributed by atoms with Gasteiger partial charge in [-0.15, -0.1) is 0 Å². The molecule has 1 aromatic heterocycles. The number of aromatic nitrogens is 1. The van der Waals surface area contributed by atoms with Gasteiger partial charge in [-0.3, -0.25) is 9.59 Å². The van der Waals surface area contributed by atoms with Gasteiger partial charge in [0, 0.05) is 52.5 Å². The minimum absolute atomic E-state index is 0.00522. The van der Waals surface area contributed by atoms with Crippen LogP contribution in [0.5, 0.6) is 0 Å². The highest BCUT2D eigenvalue weighted by molar-refractivity contribution is 6.01. The number of anilines is 1. The molecule has 0 bridgehead atoms. The van der Waals surface area contributed by atoms with Crippen molar-refractivity contribution in [3.63, 3.8) is 0 Å². The molecule has 2 aromatic rings. The van der Waals surface area contributed by atoms with Crippen molar-refractivity contribution in [3.05, 3.63) is 77.2 Å². The van der Waals surface area contributed by atoms with E-state index >= 15 is 0 Å². The molecular weight excluding hydrogens is 548 g/mol. The van der Waals surface area contributed by atoms with Gasteiger partial charge in [-0.05, 0) is 67.4 Å². The largest absolute Gasteiger partial charge is 0.398 e. The van der Waals surface area contributed by atoms with Crippen LogP contribution in [0.4, 0.5) is 5.69 Å². The van der Waals surface area contributed by atoms with E-state index in [1.165, 1.54) is 0 Å². The van der Waals surface area contributed by atoms with E-state index in [1.807, 2.05) is 54.2 Å². The van der Waals surface area contributed by atoms with E-state index < -0.39 is 47.3 Å². The number of benzene rings is 1. The van der Waals surface area contributed by atoms with Crippen LogP contribution < -0.4 is 5.73 Å². The number of rotatable bonds is 6. The van der Waals surface area contributed by atoms with Crippen molar-refractivity contribution >= 4 is 17.3 Å². The number of nitrogens with zero attached hydrogens (tertiary/aromatic N) is 1. The molecule has 228 valence electrons. The Morgan fingerprint density at radius 1 is 1.21 bits per heavy atom. The second-order valence-electron chi connectivity index (χ2n) is 13.6. The lowest BCUT2D eigenvalue weighted by Gasteiger charge is -2.59. The third-order valence-corrected chi connectivity index (χ3v) is 11.6. The summed E-state index contributed by atoms with van der Waals surface area (Å²) in [5.41, 5.74) is 7.57. The molecule has 9 atom stereocenters. The first-order valence-electron chi connectivity index (χ1n) is 15.3. The van der Waals surface area contributed by atoms with Crippen LogP contribution in [0.3, 0.4) is 0 Å².